The Morgan fingerprint density at radius 3 is 2.75 bits per heavy atom. The van der Waals surface area contributed by atoms with Gasteiger partial charge in [0.05, 0.1) is 24.6 Å². The quantitative estimate of drug-likeness (QED) is 0.739. The first kappa shape index (κ1) is 20.1. The number of likely N-dealkylation sites (tertiary alicyclic amines) is 1. The van der Waals surface area contributed by atoms with Crippen molar-refractivity contribution < 1.29 is 18.7 Å². The van der Waals surface area contributed by atoms with Crippen LogP contribution in [0.5, 0.6) is 5.75 Å². The predicted octanol–water partition coefficient (Wildman–Crippen LogP) is 3.16. The first-order chi connectivity index (χ1) is 13.6. The number of amides is 2. The summed E-state index contributed by atoms with van der Waals surface area (Å²) in [7, 11) is 1.59. The van der Waals surface area contributed by atoms with Crippen molar-refractivity contribution in [2.24, 2.45) is 0 Å². The van der Waals surface area contributed by atoms with E-state index in [0.717, 1.165) is 18.5 Å². The van der Waals surface area contributed by atoms with E-state index in [9.17, 15) is 9.59 Å². The number of nitrogens with zero attached hydrogens (tertiary/aromatic N) is 1. The van der Waals surface area contributed by atoms with Gasteiger partial charge in [0, 0.05) is 37.1 Å². The zero-order valence-electron chi connectivity index (χ0n) is 15.7. The van der Waals surface area contributed by atoms with Gasteiger partial charge >= 0.3 is 0 Å². The van der Waals surface area contributed by atoms with E-state index in [2.05, 4.69) is 10.6 Å². The summed E-state index contributed by atoms with van der Waals surface area (Å²) in [6.45, 7) is 1.71. The number of furan rings is 1. The van der Waals surface area contributed by atoms with Gasteiger partial charge in [0.2, 0.25) is 5.91 Å². The molecule has 1 aromatic carbocycles. The first-order valence-corrected chi connectivity index (χ1v) is 9.63. The monoisotopic (exact) mass is 405 g/mol. The molecule has 0 atom stereocenters. The van der Waals surface area contributed by atoms with Crippen LogP contribution in [0.15, 0.2) is 41.2 Å². The molecule has 0 radical (unpaired) electrons. The molecule has 1 fully saturated rings. The molecule has 1 aromatic heterocycles. The lowest BCUT2D eigenvalue weighted by molar-refractivity contribution is -0.121. The van der Waals surface area contributed by atoms with E-state index in [-0.39, 0.29) is 17.9 Å². The fourth-order valence-electron chi connectivity index (χ4n) is 3.22. The molecule has 1 saturated heterocycles. The molecule has 0 aliphatic carbocycles. The van der Waals surface area contributed by atoms with Crippen molar-refractivity contribution in [3.63, 3.8) is 0 Å². The number of benzene rings is 1. The Hall–Kier alpha value is -2.67. The van der Waals surface area contributed by atoms with Crippen LogP contribution in [0.4, 0.5) is 5.69 Å². The fraction of sp³-hybridized carbons (Fsp3) is 0.400. The Morgan fingerprint density at radius 2 is 2.07 bits per heavy atom. The van der Waals surface area contributed by atoms with Gasteiger partial charge in [-0.25, -0.2) is 0 Å². The topological polar surface area (TPSA) is 83.8 Å². The van der Waals surface area contributed by atoms with Gasteiger partial charge < -0.3 is 24.7 Å². The van der Waals surface area contributed by atoms with Crippen LogP contribution in [0.2, 0.25) is 5.02 Å². The normalized spacial score (nSPS) is 14.6. The molecule has 150 valence electrons. The van der Waals surface area contributed by atoms with Gasteiger partial charge in [-0.3, -0.25) is 9.59 Å². The molecule has 2 N–H and O–H groups in total. The fourth-order valence-corrected chi connectivity index (χ4v) is 3.40. The SMILES string of the molecule is COc1ccc(Cl)cc1NCCC(=O)NC1CCN(C(=O)c2ccoc2)CC1. The van der Waals surface area contributed by atoms with Crippen molar-refractivity contribution in [1.29, 1.82) is 0 Å². The standard InChI is InChI=1S/C20H24ClN3O4/c1-27-18-3-2-15(21)12-17(18)22-8-4-19(25)23-16-5-9-24(10-6-16)20(26)14-7-11-28-13-14/h2-3,7,11-13,16,22H,4-6,8-10H2,1H3,(H,23,25). The highest BCUT2D eigenvalue weighted by molar-refractivity contribution is 6.30. The van der Waals surface area contributed by atoms with Gasteiger partial charge in [-0.1, -0.05) is 11.6 Å². The molecule has 1 aliphatic heterocycles. The number of ether oxygens (including phenoxy) is 1. The van der Waals surface area contributed by atoms with Crippen molar-refractivity contribution in [2.45, 2.75) is 25.3 Å². The number of carbonyl (C=O) groups excluding carboxylic acids is 2. The molecule has 0 saturated carbocycles. The maximum atomic E-state index is 12.3. The number of hydrogen-bond donors (Lipinski definition) is 2. The Kier molecular flexibility index (Phi) is 6.81. The van der Waals surface area contributed by atoms with Gasteiger partial charge in [-0.15, -0.1) is 0 Å². The number of methoxy groups -OCH3 is 1. The van der Waals surface area contributed by atoms with Crippen LogP contribution in [-0.2, 0) is 4.79 Å². The zero-order valence-corrected chi connectivity index (χ0v) is 16.5. The average Bonchev–Trinajstić information content (AvgIpc) is 3.23. The third-order valence-corrected chi connectivity index (χ3v) is 4.98. The highest BCUT2D eigenvalue weighted by Gasteiger charge is 2.24. The molecule has 0 unspecified atom stereocenters. The first-order valence-electron chi connectivity index (χ1n) is 9.25. The second-order valence-corrected chi connectivity index (χ2v) is 7.10. The van der Waals surface area contributed by atoms with E-state index >= 15 is 0 Å². The van der Waals surface area contributed by atoms with Crippen molar-refractivity contribution in [2.75, 3.05) is 32.1 Å². The molecule has 7 nitrogen and oxygen atoms in total. The summed E-state index contributed by atoms with van der Waals surface area (Å²) in [5, 5.41) is 6.83. The Morgan fingerprint density at radius 1 is 1.29 bits per heavy atom. The number of carbonyl (C=O) groups is 2. The molecule has 28 heavy (non-hydrogen) atoms. The second kappa shape index (κ2) is 9.50. The zero-order chi connectivity index (χ0) is 19.9. The Labute approximate surface area is 169 Å². The lowest BCUT2D eigenvalue weighted by Crippen LogP contribution is -2.46. The summed E-state index contributed by atoms with van der Waals surface area (Å²) in [5.74, 6) is 0.630. The van der Waals surface area contributed by atoms with Crippen molar-refractivity contribution >= 4 is 29.1 Å². The molecule has 1 aliphatic rings. The minimum Gasteiger partial charge on any atom is -0.495 e. The summed E-state index contributed by atoms with van der Waals surface area (Å²) in [4.78, 5) is 26.3. The van der Waals surface area contributed by atoms with Crippen molar-refractivity contribution in [1.82, 2.24) is 10.2 Å². The molecule has 2 heterocycles. The average molecular weight is 406 g/mol. The van der Waals surface area contributed by atoms with Crippen molar-refractivity contribution in [3.8, 4) is 5.75 Å². The third-order valence-electron chi connectivity index (χ3n) is 4.74. The molecule has 0 spiro atoms. The number of nitrogens with one attached hydrogen (secondary N) is 2. The van der Waals surface area contributed by atoms with E-state index < -0.39 is 0 Å². The summed E-state index contributed by atoms with van der Waals surface area (Å²) in [6, 6.07) is 7.05. The van der Waals surface area contributed by atoms with Crippen LogP contribution >= 0.6 is 11.6 Å². The van der Waals surface area contributed by atoms with Crippen LogP contribution in [0.1, 0.15) is 29.6 Å². The number of hydrogen-bond acceptors (Lipinski definition) is 5. The number of rotatable bonds is 7. The lowest BCUT2D eigenvalue weighted by atomic mass is 10.0. The minimum absolute atomic E-state index is 0.0203. The lowest BCUT2D eigenvalue weighted by Gasteiger charge is -2.32. The van der Waals surface area contributed by atoms with E-state index in [1.165, 1.54) is 12.5 Å². The predicted molar refractivity (Wildman–Crippen MR) is 107 cm³/mol. The smallest absolute Gasteiger partial charge is 0.257 e. The summed E-state index contributed by atoms with van der Waals surface area (Å²) < 4.78 is 10.2. The van der Waals surface area contributed by atoms with Gasteiger partial charge in [-0.2, -0.15) is 0 Å². The molecule has 3 rings (SSSR count). The summed E-state index contributed by atoms with van der Waals surface area (Å²) >= 11 is 6.00. The van der Waals surface area contributed by atoms with Gasteiger partial charge in [0.15, 0.2) is 0 Å². The third kappa shape index (κ3) is 5.19. The van der Waals surface area contributed by atoms with Gasteiger partial charge in [-0.05, 0) is 37.1 Å². The van der Waals surface area contributed by atoms with E-state index in [1.54, 1.807) is 36.3 Å². The highest BCUT2D eigenvalue weighted by atomic mass is 35.5. The van der Waals surface area contributed by atoms with E-state index in [0.29, 0.717) is 42.4 Å². The summed E-state index contributed by atoms with van der Waals surface area (Å²) in [6.07, 6.45) is 4.77. The minimum atomic E-state index is -0.0294. The van der Waals surface area contributed by atoms with Crippen LogP contribution < -0.4 is 15.4 Å². The second-order valence-electron chi connectivity index (χ2n) is 6.67. The summed E-state index contributed by atoms with van der Waals surface area (Å²) in [5.41, 5.74) is 1.32. The van der Waals surface area contributed by atoms with Crippen molar-refractivity contribution in [3.05, 3.63) is 47.4 Å². The molecular formula is C20H24ClN3O4. The van der Waals surface area contributed by atoms with E-state index in [4.69, 9.17) is 20.8 Å². The van der Waals surface area contributed by atoms with Crippen LogP contribution in [-0.4, -0.2) is 49.5 Å². The Balaban J connectivity index is 1.39. The van der Waals surface area contributed by atoms with Crippen LogP contribution in [0.3, 0.4) is 0 Å². The van der Waals surface area contributed by atoms with E-state index in [1.807, 2.05) is 0 Å². The molecule has 2 amide bonds. The molecule has 0 bridgehead atoms. The number of piperidine rings is 1. The maximum Gasteiger partial charge on any atom is 0.257 e. The molecular weight excluding hydrogens is 382 g/mol. The maximum absolute atomic E-state index is 12.3. The Bertz CT molecular complexity index is 802. The number of anilines is 1. The largest absolute Gasteiger partial charge is 0.495 e. The van der Waals surface area contributed by atoms with Gasteiger partial charge in [0.1, 0.15) is 12.0 Å². The molecule has 8 heteroatoms. The van der Waals surface area contributed by atoms with Gasteiger partial charge in [0.25, 0.3) is 5.91 Å². The highest BCUT2D eigenvalue weighted by Crippen LogP contribution is 2.27. The molecule has 2 aromatic rings. The van der Waals surface area contributed by atoms with Crippen LogP contribution in [0.25, 0.3) is 0 Å². The number of halogens is 1. The van der Waals surface area contributed by atoms with Crippen LogP contribution in [0, 0.1) is 0 Å².